The van der Waals surface area contributed by atoms with Gasteiger partial charge in [-0.15, -0.1) is 0 Å². The van der Waals surface area contributed by atoms with E-state index in [4.69, 9.17) is 4.98 Å². The number of fused-ring (bicyclic) bond motifs is 2. The molecule has 0 aliphatic carbocycles. The maximum absolute atomic E-state index is 4.86. The lowest BCUT2D eigenvalue weighted by atomic mass is 10.1. The minimum Gasteiger partial charge on any atom is -0.248 e. The smallest absolute Gasteiger partial charge is 0.212 e. The highest BCUT2D eigenvalue weighted by molar-refractivity contribution is 5.84. The van der Waals surface area contributed by atoms with Gasteiger partial charge in [-0.2, -0.15) is 4.57 Å². The Morgan fingerprint density at radius 2 is 1.67 bits per heavy atom. The van der Waals surface area contributed by atoms with Crippen molar-refractivity contribution in [3.05, 3.63) is 72.9 Å². The molecule has 0 bridgehead atoms. The topological polar surface area (TPSA) is 16.8 Å². The number of unbranched alkanes of at least 4 members (excludes halogenated alkanes) is 1. The molecular formula is C22H21N2+. The second-order valence-corrected chi connectivity index (χ2v) is 6.22. The maximum Gasteiger partial charge on any atom is 0.212 e. The van der Waals surface area contributed by atoms with E-state index in [0.29, 0.717) is 0 Å². The van der Waals surface area contributed by atoms with Crippen LogP contribution in [0.5, 0.6) is 0 Å². The minimum absolute atomic E-state index is 1.03. The van der Waals surface area contributed by atoms with Gasteiger partial charge in [0.1, 0.15) is 6.54 Å². The molecule has 0 atom stereocenters. The first-order chi connectivity index (χ1) is 11.8. The van der Waals surface area contributed by atoms with Gasteiger partial charge in [-0.05, 0) is 24.3 Å². The standard InChI is InChI=1S/C22H21N2/c1-2-3-14-24-16-19(15-18-9-5-7-11-22(18)24)21-13-12-17-8-4-6-10-20(17)23-21/h4-13,15-16H,2-3,14H2,1H3/q+1. The second-order valence-electron chi connectivity index (χ2n) is 6.22. The van der Waals surface area contributed by atoms with Crippen LogP contribution in [0.4, 0.5) is 0 Å². The molecule has 2 heteroatoms. The maximum atomic E-state index is 4.86. The Bertz CT molecular complexity index is 1000. The van der Waals surface area contributed by atoms with Crippen molar-refractivity contribution < 1.29 is 4.57 Å². The summed E-state index contributed by atoms with van der Waals surface area (Å²) in [7, 11) is 0. The van der Waals surface area contributed by atoms with Gasteiger partial charge in [-0.25, -0.2) is 4.98 Å². The molecule has 4 aromatic rings. The van der Waals surface area contributed by atoms with Gasteiger partial charge < -0.3 is 0 Å². The van der Waals surface area contributed by atoms with E-state index in [1.807, 2.05) is 6.07 Å². The Morgan fingerprint density at radius 1 is 0.875 bits per heavy atom. The molecule has 0 N–H and O–H groups in total. The zero-order chi connectivity index (χ0) is 16.4. The highest BCUT2D eigenvalue weighted by Gasteiger charge is 2.13. The molecular weight excluding hydrogens is 292 g/mol. The van der Waals surface area contributed by atoms with Crippen molar-refractivity contribution in [1.29, 1.82) is 0 Å². The van der Waals surface area contributed by atoms with Crippen LogP contribution < -0.4 is 4.57 Å². The summed E-state index contributed by atoms with van der Waals surface area (Å²) >= 11 is 0. The number of rotatable bonds is 4. The van der Waals surface area contributed by atoms with Gasteiger partial charge in [0, 0.05) is 23.3 Å². The molecule has 118 valence electrons. The first-order valence-corrected chi connectivity index (χ1v) is 8.63. The number of hydrogen-bond acceptors (Lipinski definition) is 1. The van der Waals surface area contributed by atoms with Gasteiger partial charge in [0.05, 0.1) is 16.8 Å². The average molecular weight is 313 g/mol. The Kier molecular flexibility index (Phi) is 3.96. The molecule has 2 heterocycles. The van der Waals surface area contributed by atoms with Gasteiger partial charge in [-0.3, -0.25) is 0 Å². The largest absolute Gasteiger partial charge is 0.248 e. The summed E-state index contributed by atoms with van der Waals surface area (Å²) in [6.07, 6.45) is 4.62. The van der Waals surface area contributed by atoms with Crippen LogP contribution in [0.3, 0.4) is 0 Å². The van der Waals surface area contributed by atoms with Gasteiger partial charge >= 0.3 is 0 Å². The van der Waals surface area contributed by atoms with E-state index in [1.54, 1.807) is 0 Å². The van der Waals surface area contributed by atoms with Crippen molar-refractivity contribution in [3.8, 4) is 11.3 Å². The summed E-state index contributed by atoms with van der Waals surface area (Å²) in [5.41, 5.74) is 4.54. The summed E-state index contributed by atoms with van der Waals surface area (Å²) in [5, 5.41) is 2.45. The Labute approximate surface area is 142 Å². The molecule has 2 aromatic heterocycles. The summed E-state index contributed by atoms with van der Waals surface area (Å²) < 4.78 is 2.37. The second kappa shape index (κ2) is 6.40. The summed E-state index contributed by atoms with van der Waals surface area (Å²) in [6.45, 7) is 3.27. The van der Waals surface area contributed by atoms with Crippen LogP contribution in [0.1, 0.15) is 19.8 Å². The Hall–Kier alpha value is -2.74. The lowest BCUT2D eigenvalue weighted by Gasteiger charge is -2.06. The average Bonchev–Trinajstić information content (AvgIpc) is 2.65. The van der Waals surface area contributed by atoms with Gasteiger partial charge in [0.15, 0.2) is 6.20 Å². The lowest BCUT2D eigenvalue weighted by molar-refractivity contribution is -0.671. The van der Waals surface area contributed by atoms with Crippen molar-refractivity contribution in [2.75, 3.05) is 0 Å². The number of para-hydroxylation sites is 2. The predicted octanol–water partition coefficient (Wildman–Crippen LogP) is 5.14. The van der Waals surface area contributed by atoms with Crippen molar-refractivity contribution in [2.45, 2.75) is 26.3 Å². The van der Waals surface area contributed by atoms with Crippen molar-refractivity contribution >= 4 is 21.8 Å². The van der Waals surface area contributed by atoms with Crippen LogP contribution in [0, 0.1) is 0 Å². The fourth-order valence-corrected chi connectivity index (χ4v) is 3.19. The molecule has 0 aliphatic heterocycles. The predicted molar refractivity (Wildman–Crippen MR) is 99.8 cm³/mol. The van der Waals surface area contributed by atoms with Crippen molar-refractivity contribution in [1.82, 2.24) is 4.98 Å². The fourth-order valence-electron chi connectivity index (χ4n) is 3.19. The molecule has 0 spiro atoms. The van der Waals surface area contributed by atoms with Gasteiger partial charge in [-0.1, -0.05) is 49.7 Å². The third-order valence-corrected chi connectivity index (χ3v) is 4.50. The normalized spacial score (nSPS) is 11.2. The number of nitrogens with zero attached hydrogens (tertiary/aromatic N) is 2. The molecule has 0 saturated heterocycles. The van der Waals surface area contributed by atoms with Crippen LogP contribution in [0.2, 0.25) is 0 Å². The SMILES string of the molecule is CCCC[n+]1cc(-c2ccc3ccccc3n2)cc2ccccc21. The first kappa shape index (κ1) is 14.8. The van der Waals surface area contributed by atoms with E-state index in [-0.39, 0.29) is 0 Å². The minimum atomic E-state index is 1.03. The Balaban J connectivity index is 1.88. The fraction of sp³-hybridized carbons (Fsp3) is 0.182. The van der Waals surface area contributed by atoms with Gasteiger partial charge in [0.2, 0.25) is 5.52 Å². The Morgan fingerprint density at radius 3 is 2.54 bits per heavy atom. The van der Waals surface area contributed by atoms with Gasteiger partial charge in [0.25, 0.3) is 0 Å². The zero-order valence-corrected chi connectivity index (χ0v) is 13.9. The zero-order valence-electron chi connectivity index (χ0n) is 13.9. The molecule has 2 nitrogen and oxygen atoms in total. The van der Waals surface area contributed by atoms with E-state index in [1.165, 1.54) is 34.7 Å². The summed E-state index contributed by atoms with van der Waals surface area (Å²) in [5.74, 6) is 0. The van der Waals surface area contributed by atoms with Crippen LogP contribution in [0.15, 0.2) is 72.9 Å². The van der Waals surface area contributed by atoms with Crippen molar-refractivity contribution in [2.24, 2.45) is 0 Å². The van der Waals surface area contributed by atoms with E-state index < -0.39 is 0 Å². The van der Waals surface area contributed by atoms with E-state index >= 15 is 0 Å². The highest BCUT2D eigenvalue weighted by Crippen LogP contribution is 2.23. The van der Waals surface area contributed by atoms with Crippen LogP contribution in [-0.4, -0.2) is 4.98 Å². The van der Waals surface area contributed by atoms with Crippen molar-refractivity contribution in [3.63, 3.8) is 0 Å². The van der Waals surface area contributed by atoms with Crippen LogP contribution >= 0.6 is 0 Å². The molecule has 24 heavy (non-hydrogen) atoms. The molecule has 0 aliphatic rings. The molecule has 0 unspecified atom stereocenters. The molecule has 0 fully saturated rings. The number of aromatic nitrogens is 2. The summed E-state index contributed by atoms with van der Waals surface area (Å²) in [4.78, 5) is 4.86. The number of benzene rings is 2. The third-order valence-electron chi connectivity index (χ3n) is 4.50. The molecule has 0 radical (unpaired) electrons. The number of pyridine rings is 2. The molecule has 4 rings (SSSR count). The molecule has 0 amide bonds. The molecule has 2 aromatic carbocycles. The monoisotopic (exact) mass is 313 g/mol. The van der Waals surface area contributed by atoms with E-state index in [2.05, 4.69) is 78.4 Å². The van der Waals surface area contributed by atoms with E-state index in [9.17, 15) is 0 Å². The lowest BCUT2D eigenvalue weighted by Crippen LogP contribution is -2.34. The third kappa shape index (κ3) is 2.76. The number of aryl methyl sites for hydroxylation is 1. The van der Waals surface area contributed by atoms with Crippen LogP contribution in [0.25, 0.3) is 33.1 Å². The first-order valence-electron chi connectivity index (χ1n) is 8.63. The number of hydrogen-bond donors (Lipinski definition) is 0. The summed E-state index contributed by atoms with van der Waals surface area (Å²) in [6, 6.07) is 23.4. The van der Waals surface area contributed by atoms with Crippen LogP contribution in [-0.2, 0) is 6.54 Å². The quantitative estimate of drug-likeness (QED) is 0.477. The van der Waals surface area contributed by atoms with E-state index in [0.717, 1.165) is 17.8 Å². The highest BCUT2D eigenvalue weighted by atomic mass is 14.9. The molecule has 0 saturated carbocycles.